The van der Waals surface area contributed by atoms with E-state index in [2.05, 4.69) is 220 Å². The zero-order valence-corrected chi connectivity index (χ0v) is 51.4. The van der Waals surface area contributed by atoms with Crippen LogP contribution in [-0.4, -0.2) is 220 Å². The van der Waals surface area contributed by atoms with E-state index in [4.69, 9.17) is 4.42 Å². The topological polar surface area (TPSA) is 13.1 Å². The van der Waals surface area contributed by atoms with Gasteiger partial charge in [-0.05, 0) is 71.1 Å². The molecule has 0 aliphatic carbocycles. The summed E-state index contributed by atoms with van der Waals surface area (Å²) < 4.78 is 7.58. The van der Waals surface area contributed by atoms with Crippen molar-refractivity contribution in [2.75, 3.05) is 0 Å². The third kappa shape index (κ3) is 6.85. The molecule has 0 amide bonds. The minimum atomic E-state index is 1.02. The summed E-state index contributed by atoms with van der Waals surface area (Å²) in [7, 11) is 66.5. The molecule has 330 valence electrons. The molecule has 0 aliphatic heterocycles. The fourth-order valence-corrected chi connectivity index (χ4v) is 14.9. The molecule has 0 bridgehead atoms. The number of fused-ring (bicyclic) bond motifs is 8. The number of hydrogen-bond acceptors (Lipinski definition) is 1. The molecule has 1 aromatic heterocycles. The Morgan fingerprint density at radius 3 is 0.667 bits per heavy atom. The molecule has 75 heavy (non-hydrogen) atoms. The van der Waals surface area contributed by atoms with Gasteiger partial charge in [0.15, 0.2) is 0 Å². The van der Waals surface area contributed by atoms with Gasteiger partial charge in [-0.3, -0.25) is 0 Å². The normalized spacial score (nSPS) is 11.9. The molecule has 0 saturated carbocycles. The molecule has 0 atom stereocenters. The average Bonchev–Trinajstić information content (AvgIpc) is 3.79. The molecule has 1 nitrogen and oxygen atoms in total. The first kappa shape index (κ1) is 54.0. The van der Waals surface area contributed by atoms with Crippen LogP contribution >= 0.6 is 0 Å². The number of benzene rings is 9. The highest BCUT2D eigenvalue weighted by Gasteiger charge is 2.33. The molecule has 0 unspecified atom stereocenters. The van der Waals surface area contributed by atoms with Crippen LogP contribution in [0, 0.1) is 0 Å². The van der Waals surface area contributed by atoms with Gasteiger partial charge in [0.2, 0.25) is 0 Å². The molecule has 29 heteroatoms. The lowest BCUT2D eigenvalue weighted by Gasteiger charge is -2.33. The fraction of sp³-hybridized carbons (Fsp3) is 0. The van der Waals surface area contributed by atoms with Crippen molar-refractivity contribution < 1.29 is 4.42 Å². The van der Waals surface area contributed by atoms with Crippen LogP contribution in [0.3, 0.4) is 0 Å². The lowest BCUT2D eigenvalue weighted by Crippen LogP contribution is -2.56. The smallest absolute Gasteiger partial charge is 0.143 e. The summed E-state index contributed by atoms with van der Waals surface area (Å²) in [5.41, 5.74) is 48.6. The number of rotatable bonds is 3. The van der Waals surface area contributed by atoms with Gasteiger partial charge < -0.3 is 4.42 Å². The highest BCUT2D eigenvalue weighted by atomic mass is 16.3. The molecule has 0 spiro atoms. The van der Waals surface area contributed by atoms with Crippen molar-refractivity contribution in [2.24, 2.45) is 0 Å². The SMILES string of the molecule is Bc1c(B)c(B)c(-c2c(B)c(B)c(-c3c4c(B)c(B)c(B)c(B)c4c(-c4c(B)c(B)c(B)c5oc6c7c(B)c(B)c(B)c(B)c7c(B)c(B)c6c45)c4c(B)c(B)c(B)c(B)c34)c3c(B)c(B)c(B)c(B)c23)c(B)c1B. The van der Waals surface area contributed by atoms with E-state index in [1.54, 1.807) is 0 Å². The Bertz CT molecular complexity index is 4330. The first-order valence-corrected chi connectivity index (χ1v) is 27.9. The lowest BCUT2D eigenvalue weighted by atomic mass is 9.55. The van der Waals surface area contributed by atoms with Crippen LogP contribution in [0.5, 0.6) is 0 Å². The second-order valence-electron chi connectivity index (χ2n) is 24.3. The van der Waals surface area contributed by atoms with Crippen molar-refractivity contribution in [1.82, 2.24) is 0 Å². The molecule has 1 heterocycles. The number of furan rings is 1. The van der Waals surface area contributed by atoms with Crippen molar-refractivity contribution in [3.8, 4) is 33.4 Å². The van der Waals surface area contributed by atoms with E-state index >= 15 is 0 Å². The minimum absolute atomic E-state index is 1.02. The van der Waals surface area contributed by atoms with Crippen molar-refractivity contribution >= 4 is 438 Å². The maximum absolute atomic E-state index is 7.58. The molecular weight excluding hydrogens is 871 g/mol. The molecule has 10 aromatic rings. The summed E-state index contributed by atoms with van der Waals surface area (Å²) in [5.74, 6) is 0. The summed E-state index contributed by atoms with van der Waals surface area (Å²) in [6.45, 7) is 0. The first-order chi connectivity index (χ1) is 35.0. The maximum Gasteiger partial charge on any atom is 0.143 e. The van der Waals surface area contributed by atoms with Crippen LogP contribution in [0.15, 0.2) is 4.42 Å². The van der Waals surface area contributed by atoms with Crippen molar-refractivity contribution in [3.63, 3.8) is 0 Å². The molecule has 0 N–H and O–H groups in total. The van der Waals surface area contributed by atoms with Crippen LogP contribution in [-0.2, 0) is 0 Å². The number of hydrogen-bond donors (Lipinski definition) is 0. The maximum atomic E-state index is 7.58. The highest BCUT2D eigenvalue weighted by Crippen LogP contribution is 2.45. The summed E-state index contributed by atoms with van der Waals surface area (Å²) in [6, 6.07) is 0. The summed E-state index contributed by atoms with van der Waals surface area (Å²) in [6.07, 6.45) is 0. The Balaban J connectivity index is 1.58. The highest BCUT2D eigenvalue weighted by molar-refractivity contribution is 6.78. The van der Waals surface area contributed by atoms with Gasteiger partial charge in [-0.1, -0.05) is 92.9 Å². The third-order valence-corrected chi connectivity index (χ3v) is 21.9. The first-order valence-electron chi connectivity index (χ1n) is 27.9. The monoisotopic (exact) mass is 933 g/mol. The zero-order valence-electron chi connectivity index (χ0n) is 51.4. The summed E-state index contributed by atoms with van der Waals surface area (Å²) in [5, 5.41) is 13.5. The van der Waals surface area contributed by atoms with Gasteiger partial charge in [0.05, 0.1) is 0 Å². The fourth-order valence-electron chi connectivity index (χ4n) is 14.9. The van der Waals surface area contributed by atoms with E-state index < -0.39 is 0 Å². The van der Waals surface area contributed by atoms with Gasteiger partial charge in [0.25, 0.3) is 0 Å². The van der Waals surface area contributed by atoms with Crippen LogP contribution in [0.25, 0.3) is 98.4 Å². The van der Waals surface area contributed by atoms with Crippen LogP contribution in [0.4, 0.5) is 0 Å². The Morgan fingerprint density at radius 1 is 0.120 bits per heavy atom. The van der Waals surface area contributed by atoms with Gasteiger partial charge in [-0.2, -0.15) is 0 Å². The standard InChI is InChI=1S/C46H56B28O/c47-17-7(9-10(25(55)37(67)36(66)24(9)54)11(18(17)48)13-27(57)39(69)43(73)40(70)28(13)58)1-3-5(21(51)34(64)32(62)19(3)49)2(6-4(1)20(50)33(63)35(65)22(6)52)8-12-15-30(60)26(56)14-16(31(61)41(71)38(68)29(14)59)45(15)75-46(12)44(74)42(72)23(8)53/h47-74H2. The van der Waals surface area contributed by atoms with Crippen molar-refractivity contribution in [1.29, 1.82) is 0 Å². The van der Waals surface area contributed by atoms with E-state index in [0.717, 1.165) is 11.2 Å². The zero-order chi connectivity index (χ0) is 55.3. The van der Waals surface area contributed by atoms with E-state index in [0.29, 0.717) is 0 Å². The van der Waals surface area contributed by atoms with Crippen LogP contribution < -0.4 is 153 Å². The van der Waals surface area contributed by atoms with E-state index in [1.165, 1.54) is 240 Å². The van der Waals surface area contributed by atoms with Crippen molar-refractivity contribution in [3.05, 3.63) is 0 Å². The quantitative estimate of drug-likeness (QED) is 0.127. The lowest BCUT2D eigenvalue weighted by molar-refractivity contribution is 0.676. The average molecular weight is 928 g/mol. The summed E-state index contributed by atoms with van der Waals surface area (Å²) >= 11 is 0. The molecule has 10 rings (SSSR count). The van der Waals surface area contributed by atoms with Gasteiger partial charge in [0, 0.05) is 16.2 Å². The Hall–Kier alpha value is -4.36. The van der Waals surface area contributed by atoms with E-state index in [9.17, 15) is 0 Å². The van der Waals surface area contributed by atoms with Crippen molar-refractivity contribution in [2.45, 2.75) is 0 Å². The molecular formula is C46H56B28O. The second kappa shape index (κ2) is 18.1. The van der Waals surface area contributed by atoms with Gasteiger partial charge in [-0.25, -0.2) is 0 Å². The largest absolute Gasteiger partial charge is 0.456 e. The van der Waals surface area contributed by atoms with Crippen LogP contribution in [0.2, 0.25) is 0 Å². The third-order valence-electron chi connectivity index (χ3n) is 21.9. The van der Waals surface area contributed by atoms with Gasteiger partial charge >= 0.3 is 0 Å². The predicted octanol–water partition coefficient (Wildman–Crippen LogP) is -35.6. The van der Waals surface area contributed by atoms with E-state index in [-0.39, 0.29) is 0 Å². The molecule has 0 radical (unpaired) electrons. The summed E-state index contributed by atoms with van der Waals surface area (Å²) in [4.78, 5) is 0. The predicted molar refractivity (Wildman–Crippen MR) is 429 cm³/mol. The Morgan fingerprint density at radius 2 is 0.307 bits per heavy atom. The minimum Gasteiger partial charge on any atom is -0.456 e. The molecule has 0 fully saturated rings. The van der Waals surface area contributed by atoms with Gasteiger partial charge in [-0.15, -0.1) is 60.1 Å². The Kier molecular flexibility index (Phi) is 13.0. The van der Waals surface area contributed by atoms with Gasteiger partial charge in [0.1, 0.15) is 231 Å². The van der Waals surface area contributed by atoms with E-state index in [1.807, 2.05) is 0 Å². The molecule has 9 aromatic carbocycles. The van der Waals surface area contributed by atoms with Crippen LogP contribution in [0.1, 0.15) is 0 Å². The Labute approximate surface area is 472 Å². The second-order valence-corrected chi connectivity index (χ2v) is 24.3. The molecule has 0 aliphatic rings. The molecule has 0 saturated heterocycles.